The van der Waals surface area contributed by atoms with Gasteiger partial charge in [-0.05, 0) is 54.7 Å². The molecule has 1 aromatic heterocycles. The van der Waals surface area contributed by atoms with Gasteiger partial charge >= 0.3 is 0 Å². The number of ether oxygens (including phenoxy) is 2. The third kappa shape index (κ3) is 11.5. The van der Waals surface area contributed by atoms with E-state index in [0.29, 0.717) is 65.2 Å². The summed E-state index contributed by atoms with van der Waals surface area (Å²) in [6.07, 6.45) is 5.77. The molecular weight excluding hydrogens is 652 g/mol. The number of ketones is 2. The van der Waals surface area contributed by atoms with Crippen molar-refractivity contribution in [2.24, 2.45) is 5.41 Å². The maximum absolute atomic E-state index is 13.8. The number of benzene rings is 3. The number of nitrogens with zero attached hydrogens (tertiary/aromatic N) is 4. The molecule has 1 aliphatic heterocycles. The number of amides is 1. The number of para-hydroxylation sites is 1. The minimum Gasteiger partial charge on any atom is -0.379 e. The Hall–Kier alpha value is -4.47. The van der Waals surface area contributed by atoms with Gasteiger partial charge in [0.2, 0.25) is 5.91 Å². The fourth-order valence-electron chi connectivity index (χ4n) is 6.41. The molecule has 276 valence electrons. The van der Waals surface area contributed by atoms with E-state index >= 15 is 0 Å². The van der Waals surface area contributed by atoms with Crippen LogP contribution < -0.4 is 4.90 Å². The van der Waals surface area contributed by atoms with E-state index in [0.717, 1.165) is 59.4 Å². The molecule has 0 radical (unpaired) electrons. The van der Waals surface area contributed by atoms with Gasteiger partial charge in [-0.3, -0.25) is 14.4 Å². The van der Waals surface area contributed by atoms with Crippen LogP contribution in [0.2, 0.25) is 0 Å². The minimum absolute atomic E-state index is 0.0576. The van der Waals surface area contributed by atoms with E-state index in [9.17, 15) is 14.4 Å². The highest BCUT2D eigenvalue weighted by Gasteiger charge is 2.29. The molecule has 0 bridgehead atoms. The summed E-state index contributed by atoms with van der Waals surface area (Å²) in [7, 11) is 0. The molecule has 0 fully saturated rings. The number of fused-ring (bicyclic) bond motifs is 5. The highest BCUT2D eigenvalue weighted by Crippen LogP contribution is 2.41. The lowest BCUT2D eigenvalue weighted by molar-refractivity contribution is -0.124. The van der Waals surface area contributed by atoms with Crippen molar-refractivity contribution in [3.63, 3.8) is 0 Å². The molecule has 0 N–H and O–H groups in total. The highest BCUT2D eigenvalue weighted by molar-refractivity contribution is 6.01. The summed E-state index contributed by atoms with van der Waals surface area (Å²) >= 11 is 0. The maximum Gasteiger partial charge on any atom is 0.227 e. The number of hydrogen-bond donors (Lipinski definition) is 0. The molecule has 1 amide bonds. The van der Waals surface area contributed by atoms with Crippen LogP contribution >= 0.6 is 0 Å². The molecular formula is C43H54N4O5. The second-order valence-corrected chi connectivity index (χ2v) is 14.8. The SMILES string of the molecule is CC(C)(C)CCOCCOCCCC(=O)CCC(=O)N1Cc2ccccc2-c2c(nnn2CCCCC(=O)CCc2ccccc2)-c2ccccc21. The molecule has 4 aromatic rings. The Balaban J connectivity index is 1.16. The summed E-state index contributed by atoms with van der Waals surface area (Å²) < 4.78 is 13.2. The largest absolute Gasteiger partial charge is 0.379 e. The van der Waals surface area contributed by atoms with E-state index in [4.69, 9.17) is 9.47 Å². The zero-order chi connectivity index (χ0) is 36.8. The number of aryl methyl sites for hydroxylation is 2. The summed E-state index contributed by atoms with van der Waals surface area (Å²) in [5.41, 5.74) is 6.61. The van der Waals surface area contributed by atoms with Gasteiger partial charge in [-0.2, -0.15) is 0 Å². The van der Waals surface area contributed by atoms with Gasteiger partial charge in [0.1, 0.15) is 17.3 Å². The Kier molecular flexibility index (Phi) is 14.5. The van der Waals surface area contributed by atoms with Crippen LogP contribution in [0.25, 0.3) is 22.5 Å². The van der Waals surface area contributed by atoms with E-state index < -0.39 is 0 Å². The first-order valence-electron chi connectivity index (χ1n) is 18.8. The first-order valence-corrected chi connectivity index (χ1v) is 18.8. The van der Waals surface area contributed by atoms with E-state index in [2.05, 4.69) is 49.3 Å². The highest BCUT2D eigenvalue weighted by atomic mass is 16.5. The van der Waals surface area contributed by atoms with Crippen molar-refractivity contribution >= 4 is 23.2 Å². The third-order valence-corrected chi connectivity index (χ3v) is 9.43. The molecule has 5 rings (SSSR count). The van der Waals surface area contributed by atoms with Gasteiger partial charge in [-0.25, -0.2) is 4.68 Å². The zero-order valence-electron chi connectivity index (χ0n) is 31.1. The second kappa shape index (κ2) is 19.4. The fourth-order valence-corrected chi connectivity index (χ4v) is 6.41. The van der Waals surface area contributed by atoms with Crippen molar-refractivity contribution in [1.29, 1.82) is 0 Å². The first-order chi connectivity index (χ1) is 25.2. The summed E-state index contributed by atoms with van der Waals surface area (Å²) in [4.78, 5) is 41.0. The van der Waals surface area contributed by atoms with Crippen molar-refractivity contribution in [3.05, 3.63) is 90.0 Å². The predicted octanol–water partition coefficient (Wildman–Crippen LogP) is 8.43. The Morgan fingerprint density at radius 1 is 0.692 bits per heavy atom. The number of rotatable bonds is 20. The number of aromatic nitrogens is 3. The molecule has 0 saturated heterocycles. The standard InChI is InChI=1S/C43H54N4O5/c1-43(2,3)26-29-52-31-30-51-28-13-18-36(49)24-25-40(50)46-32-34-16-7-8-19-37(34)42-41(38-20-9-10-21-39(38)46)44-45-47(42)27-12-11-17-35(48)23-22-33-14-5-4-6-15-33/h4-10,14-16,19-21H,11-13,17-18,22-32H2,1-3H3. The maximum atomic E-state index is 13.8. The van der Waals surface area contributed by atoms with E-state index in [-0.39, 0.29) is 35.7 Å². The van der Waals surface area contributed by atoms with Crippen LogP contribution in [0.3, 0.4) is 0 Å². The lowest BCUT2D eigenvalue weighted by Crippen LogP contribution is -2.32. The molecule has 9 nitrogen and oxygen atoms in total. The number of carbonyl (C=O) groups excluding carboxylic acids is 3. The Morgan fingerprint density at radius 3 is 2.15 bits per heavy atom. The summed E-state index contributed by atoms with van der Waals surface area (Å²) in [5.74, 6) is 0.232. The molecule has 0 aliphatic carbocycles. The van der Waals surface area contributed by atoms with Gasteiger partial charge in [0, 0.05) is 63.0 Å². The van der Waals surface area contributed by atoms with Crippen LogP contribution in [0.1, 0.15) is 89.7 Å². The predicted molar refractivity (Wildman–Crippen MR) is 205 cm³/mol. The molecule has 0 atom stereocenters. The van der Waals surface area contributed by atoms with Crippen LogP contribution in [0.5, 0.6) is 0 Å². The van der Waals surface area contributed by atoms with Crippen molar-refractivity contribution < 1.29 is 23.9 Å². The van der Waals surface area contributed by atoms with Gasteiger partial charge < -0.3 is 14.4 Å². The van der Waals surface area contributed by atoms with Crippen molar-refractivity contribution in [1.82, 2.24) is 15.0 Å². The van der Waals surface area contributed by atoms with Crippen LogP contribution in [-0.4, -0.2) is 58.9 Å². The summed E-state index contributed by atoms with van der Waals surface area (Å²) in [6.45, 7) is 9.85. The summed E-state index contributed by atoms with van der Waals surface area (Å²) in [5, 5.41) is 9.24. The molecule has 1 aliphatic rings. The number of unbranched alkanes of at least 4 members (excludes halogenated alkanes) is 1. The molecule has 0 saturated carbocycles. The number of hydrogen-bond acceptors (Lipinski definition) is 7. The molecule has 0 unspecified atom stereocenters. The average Bonchev–Trinajstić information content (AvgIpc) is 3.55. The minimum atomic E-state index is -0.105. The van der Waals surface area contributed by atoms with Gasteiger partial charge in [-0.15, -0.1) is 5.10 Å². The average molecular weight is 707 g/mol. The monoisotopic (exact) mass is 706 g/mol. The van der Waals surface area contributed by atoms with Crippen LogP contribution in [0.4, 0.5) is 5.69 Å². The topological polar surface area (TPSA) is 104 Å². The van der Waals surface area contributed by atoms with Crippen molar-refractivity contribution in [2.45, 2.75) is 98.1 Å². The van der Waals surface area contributed by atoms with Crippen molar-refractivity contribution in [2.75, 3.05) is 31.3 Å². The number of Topliss-reactive ketones (excluding diaryl/α,β-unsaturated/α-hetero) is 2. The molecule has 3 aromatic carbocycles. The molecule has 2 heterocycles. The van der Waals surface area contributed by atoms with E-state index in [1.54, 1.807) is 4.90 Å². The molecule has 9 heteroatoms. The second-order valence-electron chi connectivity index (χ2n) is 14.8. The smallest absolute Gasteiger partial charge is 0.227 e. The van der Waals surface area contributed by atoms with E-state index in [1.165, 1.54) is 5.56 Å². The van der Waals surface area contributed by atoms with Gasteiger partial charge in [-0.1, -0.05) is 98.8 Å². The Labute approximate surface area is 308 Å². The van der Waals surface area contributed by atoms with Crippen molar-refractivity contribution in [3.8, 4) is 22.5 Å². The normalized spacial score (nSPS) is 12.4. The lowest BCUT2D eigenvalue weighted by atomic mass is 9.93. The van der Waals surface area contributed by atoms with Crippen LogP contribution in [0.15, 0.2) is 78.9 Å². The first kappa shape index (κ1) is 38.8. The number of carbonyl (C=O) groups is 3. The Bertz CT molecular complexity index is 1760. The molecule has 52 heavy (non-hydrogen) atoms. The van der Waals surface area contributed by atoms with Gasteiger partial charge in [0.25, 0.3) is 0 Å². The third-order valence-electron chi connectivity index (χ3n) is 9.43. The summed E-state index contributed by atoms with van der Waals surface area (Å²) in [6, 6.07) is 26.0. The Morgan fingerprint density at radius 2 is 1.37 bits per heavy atom. The number of anilines is 1. The van der Waals surface area contributed by atoms with E-state index in [1.807, 2.05) is 65.3 Å². The van der Waals surface area contributed by atoms with Crippen LogP contribution in [0, 0.1) is 5.41 Å². The quantitative estimate of drug-likeness (QED) is 0.0850. The van der Waals surface area contributed by atoms with Gasteiger partial charge in [0.05, 0.1) is 31.1 Å². The lowest BCUT2D eigenvalue weighted by Gasteiger charge is -2.28. The fraction of sp³-hybridized carbons (Fsp3) is 0.465. The van der Waals surface area contributed by atoms with Gasteiger partial charge in [0.15, 0.2) is 0 Å². The zero-order valence-corrected chi connectivity index (χ0v) is 31.1. The molecule has 0 spiro atoms. The van der Waals surface area contributed by atoms with Crippen LogP contribution in [-0.2, 0) is 43.4 Å².